The molecule has 0 fully saturated rings. The fraction of sp³-hybridized carbons (Fsp3) is 0.0909. The molecule has 0 aliphatic carbocycles. The smallest absolute Gasteiger partial charge is 0.406 e. The van der Waals surface area contributed by atoms with E-state index < -0.39 is 18.0 Å². The molecule has 7 heteroatoms. The predicted octanol–water partition coefficient (Wildman–Crippen LogP) is 3.06. The van der Waals surface area contributed by atoms with Gasteiger partial charge in [-0.2, -0.15) is 4.73 Å². The summed E-state index contributed by atoms with van der Waals surface area (Å²) in [6, 6.07) is 19.2. The Bertz CT molecular complexity index is 1050. The molecule has 0 aliphatic rings. The number of Topliss-reactive ketones (excluding diaryl/α,β-unsaturated/α-hetero) is 1. The number of hydrogen-bond acceptors (Lipinski definition) is 5. The van der Waals surface area contributed by atoms with Crippen LogP contribution in [0.3, 0.4) is 0 Å². The SMILES string of the molecule is CC(=O)c1cccc(NC(=O)[C@H](OC(=O)c2cccc[n+]2[O-])c2ccccc2)c1. The summed E-state index contributed by atoms with van der Waals surface area (Å²) in [5.41, 5.74) is 1.03. The van der Waals surface area contributed by atoms with Crippen molar-refractivity contribution >= 4 is 23.3 Å². The molecule has 3 rings (SSSR count). The van der Waals surface area contributed by atoms with Crippen molar-refractivity contribution in [3.05, 3.63) is 101 Å². The van der Waals surface area contributed by atoms with Crippen molar-refractivity contribution in [3.63, 3.8) is 0 Å². The summed E-state index contributed by atoms with van der Waals surface area (Å²) in [6.07, 6.45) is -0.119. The Kier molecular flexibility index (Phi) is 5.99. The van der Waals surface area contributed by atoms with Gasteiger partial charge in [0.2, 0.25) is 6.10 Å². The van der Waals surface area contributed by atoms with Gasteiger partial charge in [-0.25, -0.2) is 4.79 Å². The molecule has 1 heterocycles. The summed E-state index contributed by atoms with van der Waals surface area (Å²) in [6.45, 7) is 1.42. The van der Waals surface area contributed by atoms with E-state index in [9.17, 15) is 19.6 Å². The van der Waals surface area contributed by atoms with Gasteiger partial charge in [0.15, 0.2) is 12.0 Å². The molecule has 3 aromatic rings. The molecule has 0 spiro atoms. The van der Waals surface area contributed by atoms with Gasteiger partial charge < -0.3 is 15.3 Å². The summed E-state index contributed by atoms with van der Waals surface area (Å²) in [5, 5.41) is 14.5. The van der Waals surface area contributed by atoms with Crippen LogP contribution < -0.4 is 10.0 Å². The van der Waals surface area contributed by atoms with Gasteiger partial charge in [-0.15, -0.1) is 0 Å². The molecule has 0 bridgehead atoms. The van der Waals surface area contributed by atoms with Gasteiger partial charge >= 0.3 is 11.7 Å². The van der Waals surface area contributed by atoms with Gasteiger partial charge in [0.1, 0.15) is 0 Å². The van der Waals surface area contributed by atoms with E-state index in [1.165, 1.54) is 37.4 Å². The molecule has 1 atom stereocenters. The number of amides is 1. The van der Waals surface area contributed by atoms with E-state index in [2.05, 4.69) is 5.32 Å². The van der Waals surface area contributed by atoms with Crippen LogP contribution in [0, 0.1) is 5.21 Å². The molecule has 2 aromatic carbocycles. The van der Waals surface area contributed by atoms with Crippen molar-refractivity contribution < 1.29 is 23.9 Å². The number of rotatable bonds is 6. The van der Waals surface area contributed by atoms with E-state index in [1.807, 2.05) is 0 Å². The van der Waals surface area contributed by atoms with Crippen molar-refractivity contribution in [1.29, 1.82) is 0 Å². The lowest BCUT2D eigenvalue weighted by molar-refractivity contribution is -0.608. The molecule has 0 saturated carbocycles. The number of esters is 1. The second kappa shape index (κ2) is 8.79. The normalized spacial score (nSPS) is 11.3. The van der Waals surface area contributed by atoms with Crippen LogP contribution in [0.15, 0.2) is 79.0 Å². The third-order valence-electron chi connectivity index (χ3n) is 4.14. The number of nitrogens with one attached hydrogen (secondary N) is 1. The predicted molar refractivity (Wildman–Crippen MR) is 105 cm³/mol. The van der Waals surface area contributed by atoms with Gasteiger partial charge in [0.25, 0.3) is 5.91 Å². The highest BCUT2D eigenvalue weighted by Gasteiger charge is 2.28. The van der Waals surface area contributed by atoms with Crippen molar-refractivity contribution in [2.45, 2.75) is 13.0 Å². The van der Waals surface area contributed by atoms with E-state index in [4.69, 9.17) is 4.74 Å². The number of aromatic nitrogens is 1. The monoisotopic (exact) mass is 390 g/mol. The van der Waals surface area contributed by atoms with Crippen molar-refractivity contribution in [3.8, 4) is 0 Å². The van der Waals surface area contributed by atoms with Crippen molar-refractivity contribution in [2.75, 3.05) is 5.32 Å². The molecule has 146 valence electrons. The number of carbonyl (C=O) groups is 3. The van der Waals surface area contributed by atoms with Gasteiger partial charge in [-0.1, -0.05) is 42.5 Å². The lowest BCUT2D eigenvalue weighted by Crippen LogP contribution is -2.36. The Morgan fingerprint density at radius 2 is 1.69 bits per heavy atom. The van der Waals surface area contributed by atoms with Crippen LogP contribution in [-0.2, 0) is 9.53 Å². The van der Waals surface area contributed by atoms with Crippen LogP contribution in [0.25, 0.3) is 0 Å². The number of anilines is 1. The molecule has 0 radical (unpaired) electrons. The average molecular weight is 390 g/mol. The quantitative estimate of drug-likeness (QED) is 0.302. The Labute approximate surface area is 167 Å². The Hall–Kier alpha value is -4.00. The molecule has 1 N–H and O–H groups in total. The summed E-state index contributed by atoms with van der Waals surface area (Å²) < 4.78 is 5.75. The summed E-state index contributed by atoms with van der Waals surface area (Å²) >= 11 is 0. The summed E-state index contributed by atoms with van der Waals surface area (Å²) in [5.74, 6) is -1.68. The van der Waals surface area contributed by atoms with Crippen LogP contribution in [0.2, 0.25) is 0 Å². The number of carbonyl (C=O) groups excluding carboxylic acids is 3. The summed E-state index contributed by atoms with van der Waals surface area (Å²) in [7, 11) is 0. The van der Waals surface area contributed by atoms with Crippen molar-refractivity contribution in [1.82, 2.24) is 0 Å². The number of ether oxygens (including phenoxy) is 1. The van der Waals surface area contributed by atoms with E-state index in [0.717, 1.165) is 0 Å². The van der Waals surface area contributed by atoms with Crippen molar-refractivity contribution in [2.24, 2.45) is 0 Å². The van der Waals surface area contributed by atoms with Crippen LogP contribution in [-0.4, -0.2) is 17.7 Å². The topological polar surface area (TPSA) is 99.4 Å². The highest BCUT2D eigenvalue weighted by molar-refractivity contribution is 5.99. The van der Waals surface area contributed by atoms with Crippen LogP contribution in [0.5, 0.6) is 0 Å². The van der Waals surface area contributed by atoms with Crippen LogP contribution in [0.4, 0.5) is 5.69 Å². The maximum absolute atomic E-state index is 12.9. The zero-order valence-corrected chi connectivity index (χ0v) is 15.6. The lowest BCUT2D eigenvalue weighted by atomic mass is 10.1. The Morgan fingerprint density at radius 1 is 0.966 bits per heavy atom. The van der Waals surface area contributed by atoms with Gasteiger partial charge in [0.05, 0.1) is 0 Å². The highest BCUT2D eigenvalue weighted by Crippen LogP contribution is 2.22. The van der Waals surface area contributed by atoms with E-state index in [-0.39, 0.29) is 11.5 Å². The molecule has 7 nitrogen and oxygen atoms in total. The van der Waals surface area contributed by atoms with E-state index >= 15 is 0 Å². The molecular weight excluding hydrogens is 372 g/mol. The second-order valence-corrected chi connectivity index (χ2v) is 6.23. The second-order valence-electron chi connectivity index (χ2n) is 6.23. The first kappa shape index (κ1) is 19.8. The molecule has 1 amide bonds. The fourth-order valence-corrected chi connectivity index (χ4v) is 2.68. The van der Waals surface area contributed by atoms with Crippen LogP contribution >= 0.6 is 0 Å². The minimum atomic E-state index is -1.29. The first-order valence-electron chi connectivity index (χ1n) is 8.81. The fourth-order valence-electron chi connectivity index (χ4n) is 2.68. The highest BCUT2D eigenvalue weighted by atomic mass is 16.6. The first-order chi connectivity index (χ1) is 14.0. The van der Waals surface area contributed by atoms with E-state index in [1.54, 1.807) is 48.5 Å². The summed E-state index contributed by atoms with van der Waals surface area (Å²) in [4.78, 5) is 36.9. The minimum absolute atomic E-state index is 0.142. The van der Waals surface area contributed by atoms with Gasteiger partial charge in [-0.05, 0) is 25.1 Å². The number of ketones is 1. The van der Waals surface area contributed by atoms with Crippen LogP contribution in [0.1, 0.15) is 39.4 Å². The maximum Gasteiger partial charge on any atom is 0.406 e. The number of benzene rings is 2. The largest absolute Gasteiger partial charge is 0.618 e. The third kappa shape index (κ3) is 4.84. The molecule has 0 saturated heterocycles. The molecule has 0 aliphatic heterocycles. The lowest BCUT2D eigenvalue weighted by Gasteiger charge is -2.18. The standard InChI is InChI=1S/C22H18N2O5/c1-15(25)17-10-7-11-18(14-17)23-21(26)20(16-8-3-2-4-9-16)29-22(27)19-12-5-6-13-24(19)28/h2-14,20H,1H3,(H,23,26)/t20-/m1/s1. The third-order valence-corrected chi connectivity index (χ3v) is 4.14. The Morgan fingerprint density at radius 3 is 2.38 bits per heavy atom. The zero-order valence-electron chi connectivity index (χ0n) is 15.6. The molecule has 0 unspecified atom stereocenters. The average Bonchev–Trinajstić information content (AvgIpc) is 2.73. The minimum Gasteiger partial charge on any atom is -0.618 e. The number of pyridine rings is 1. The van der Waals surface area contributed by atoms with E-state index in [0.29, 0.717) is 21.5 Å². The Balaban J connectivity index is 1.87. The van der Waals surface area contributed by atoms with Gasteiger partial charge in [0, 0.05) is 28.9 Å². The molecular formula is C22H18N2O5. The van der Waals surface area contributed by atoms with Gasteiger partial charge in [-0.3, -0.25) is 9.59 Å². The number of nitrogens with zero attached hydrogens (tertiary/aromatic N) is 1. The maximum atomic E-state index is 12.9. The molecule has 1 aromatic heterocycles. The zero-order chi connectivity index (χ0) is 20.8. The molecule has 29 heavy (non-hydrogen) atoms. The number of hydrogen-bond donors (Lipinski definition) is 1. The first-order valence-corrected chi connectivity index (χ1v) is 8.81.